The molecule has 0 aliphatic heterocycles. The topological polar surface area (TPSA) is 60.4 Å². The van der Waals surface area contributed by atoms with Crippen molar-refractivity contribution in [2.75, 3.05) is 0 Å². The fourth-order valence-corrected chi connectivity index (χ4v) is 1.20. The van der Waals surface area contributed by atoms with Crippen LogP contribution in [0.4, 0.5) is 0 Å². The Morgan fingerprint density at radius 1 is 1.31 bits per heavy atom. The summed E-state index contributed by atoms with van der Waals surface area (Å²) in [6.07, 6.45) is -1.08. The molecule has 0 aliphatic carbocycles. The average Bonchev–Trinajstić information content (AvgIpc) is 2.16. The van der Waals surface area contributed by atoms with Crippen LogP contribution in [-0.4, -0.2) is 14.9 Å². The van der Waals surface area contributed by atoms with Crippen LogP contribution in [0.15, 0.2) is 30.3 Å². The van der Waals surface area contributed by atoms with Gasteiger partial charge in [-0.25, -0.2) is 0 Å². The zero-order valence-corrected chi connectivity index (χ0v) is 10.6. The fourth-order valence-electron chi connectivity index (χ4n) is 0.824. The second-order valence-electron chi connectivity index (χ2n) is 2.85. The van der Waals surface area contributed by atoms with Gasteiger partial charge in [0.15, 0.2) is 0 Å². The third kappa shape index (κ3) is 6.90. The van der Waals surface area contributed by atoms with Crippen LogP contribution in [0.25, 0.3) is 0 Å². The summed E-state index contributed by atoms with van der Waals surface area (Å²) in [6.45, 7) is 0.972. The van der Waals surface area contributed by atoms with E-state index in [1.54, 1.807) is 24.3 Å². The smallest absolute Gasteiger partial charge is 0.220 e. The summed E-state index contributed by atoms with van der Waals surface area (Å²) in [7, 11) is 0. The van der Waals surface area contributed by atoms with E-state index in [4.69, 9.17) is 44.7 Å². The Labute approximate surface area is 109 Å². The number of rotatable bonds is 1. The number of halogens is 3. The average molecular weight is 285 g/mol. The molecule has 0 spiro atoms. The van der Waals surface area contributed by atoms with Crippen molar-refractivity contribution in [1.29, 1.82) is 0 Å². The second kappa shape index (κ2) is 6.97. The molecule has 0 radical (unpaired) electrons. The van der Waals surface area contributed by atoms with Gasteiger partial charge >= 0.3 is 0 Å². The lowest BCUT2D eigenvalue weighted by atomic mass is 10.1. The van der Waals surface area contributed by atoms with Gasteiger partial charge in [0, 0.05) is 5.97 Å². The Bertz CT molecular complexity index is 318. The second-order valence-corrected chi connectivity index (χ2v) is 5.22. The van der Waals surface area contributed by atoms with E-state index in [1.807, 2.05) is 6.07 Å². The SMILES string of the molecule is CC(=O)[O-].OC(c1ccccc1)C(Cl)(Cl)Cl. The number of aliphatic hydroxyl groups is 1. The van der Waals surface area contributed by atoms with Crippen LogP contribution in [0.1, 0.15) is 18.6 Å². The Morgan fingerprint density at radius 2 is 1.69 bits per heavy atom. The van der Waals surface area contributed by atoms with Crippen LogP contribution >= 0.6 is 34.8 Å². The van der Waals surface area contributed by atoms with Gasteiger partial charge < -0.3 is 15.0 Å². The van der Waals surface area contributed by atoms with E-state index in [1.165, 1.54) is 0 Å². The van der Waals surface area contributed by atoms with Crippen molar-refractivity contribution in [2.24, 2.45) is 0 Å². The van der Waals surface area contributed by atoms with Crippen molar-refractivity contribution in [3.8, 4) is 0 Å². The molecule has 0 bridgehead atoms. The lowest BCUT2D eigenvalue weighted by Gasteiger charge is -2.18. The van der Waals surface area contributed by atoms with E-state index in [0.717, 1.165) is 6.92 Å². The molecule has 16 heavy (non-hydrogen) atoms. The number of aliphatic carboxylic acids is 1. The highest BCUT2D eigenvalue weighted by Crippen LogP contribution is 2.39. The first kappa shape index (κ1) is 15.5. The Morgan fingerprint density at radius 3 is 2.00 bits per heavy atom. The molecule has 0 heterocycles. The number of alkyl halides is 3. The first-order chi connectivity index (χ1) is 7.25. The predicted octanol–water partition coefficient (Wildman–Crippen LogP) is 1.85. The highest BCUT2D eigenvalue weighted by molar-refractivity contribution is 6.68. The normalized spacial score (nSPS) is 12.3. The minimum atomic E-state index is -1.67. The number of carbonyl (C=O) groups excluding carboxylic acids is 1. The molecule has 0 saturated heterocycles. The maximum Gasteiger partial charge on any atom is 0.220 e. The quantitative estimate of drug-likeness (QED) is 0.801. The number of carboxylic acid groups (broad SMARTS) is 1. The molecule has 6 heteroatoms. The maximum absolute atomic E-state index is 9.46. The van der Waals surface area contributed by atoms with Crippen molar-refractivity contribution in [3.63, 3.8) is 0 Å². The van der Waals surface area contributed by atoms with E-state index in [-0.39, 0.29) is 0 Å². The van der Waals surface area contributed by atoms with Crippen LogP contribution in [0, 0.1) is 0 Å². The molecule has 1 N–H and O–H groups in total. The first-order valence-corrected chi connectivity index (χ1v) is 5.36. The van der Waals surface area contributed by atoms with Crippen molar-refractivity contribution in [2.45, 2.75) is 16.8 Å². The van der Waals surface area contributed by atoms with Crippen molar-refractivity contribution < 1.29 is 15.0 Å². The minimum Gasteiger partial charge on any atom is -0.550 e. The van der Waals surface area contributed by atoms with Gasteiger partial charge in [0.25, 0.3) is 0 Å². The summed E-state index contributed by atoms with van der Waals surface area (Å²) in [5, 5.41) is 18.4. The van der Waals surface area contributed by atoms with Gasteiger partial charge in [-0.15, -0.1) is 0 Å². The number of hydrogen-bond donors (Lipinski definition) is 1. The lowest BCUT2D eigenvalue weighted by molar-refractivity contribution is -0.302. The van der Waals surface area contributed by atoms with Crippen LogP contribution < -0.4 is 5.11 Å². The highest BCUT2D eigenvalue weighted by atomic mass is 35.6. The third-order valence-electron chi connectivity index (χ3n) is 1.43. The Kier molecular flexibility index (Phi) is 6.76. The predicted molar refractivity (Wildman–Crippen MR) is 62.4 cm³/mol. The molecular formula is C10H10Cl3O3-. The van der Waals surface area contributed by atoms with E-state index in [2.05, 4.69) is 0 Å². The summed E-state index contributed by atoms with van der Waals surface area (Å²) in [5.74, 6) is -1.08. The van der Waals surface area contributed by atoms with Crippen LogP contribution in [0.3, 0.4) is 0 Å². The molecule has 0 amide bonds. The zero-order chi connectivity index (χ0) is 12.8. The first-order valence-electron chi connectivity index (χ1n) is 4.22. The number of benzene rings is 1. The number of hydrogen-bond acceptors (Lipinski definition) is 3. The standard InChI is InChI=1S/C8H7Cl3O.C2H4O2/c9-8(10,11)7(12)6-4-2-1-3-5-6;1-2(3)4/h1-5,7,12H;1H3,(H,3,4)/p-1. The van der Waals surface area contributed by atoms with Crippen LogP contribution in [0.2, 0.25) is 0 Å². The van der Waals surface area contributed by atoms with E-state index >= 15 is 0 Å². The van der Waals surface area contributed by atoms with Gasteiger partial charge in [-0.2, -0.15) is 0 Å². The molecule has 0 fully saturated rings. The molecule has 90 valence electrons. The molecule has 1 aromatic rings. The molecule has 1 atom stereocenters. The van der Waals surface area contributed by atoms with E-state index < -0.39 is 15.9 Å². The van der Waals surface area contributed by atoms with E-state index in [0.29, 0.717) is 5.56 Å². The number of carboxylic acids is 1. The van der Waals surface area contributed by atoms with Gasteiger partial charge in [-0.3, -0.25) is 0 Å². The van der Waals surface area contributed by atoms with Crippen molar-refractivity contribution in [1.82, 2.24) is 0 Å². The van der Waals surface area contributed by atoms with Crippen LogP contribution in [-0.2, 0) is 4.79 Å². The summed E-state index contributed by atoms with van der Waals surface area (Å²) >= 11 is 16.5. The van der Waals surface area contributed by atoms with Gasteiger partial charge in [-0.05, 0) is 12.5 Å². The minimum absolute atomic E-state index is 0.595. The third-order valence-corrected chi connectivity index (χ3v) is 2.05. The number of aliphatic hydroxyl groups excluding tert-OH is 1. The van der Waals surface area contributed by atoms with Crippen molar-refractivity contribution in [3.05, 3.63) is 35.9 Å². The van der Waals surface area contributed by atoms with Crippen molar-refractivity contribution >= 4 is 40.8 Å². The fraction of sp³-hybridized carbons (Fsp3) is 0.300. The molecule has 1 aromatic carbocycles. The highest BCUT2D eigenvalue weighted by Gasteiger charge is 2.31. The Hall–Kier alpha value is -0.480. The van der Waals surface area contributed by atoms with Crippen LogP contribution in [0.5, 0.6) is 0 Å². The van der Waals surface area contributed by atoms with Gasteiger partial charge in [0.1, 0.15) is 6.10 Å². The number of carbonyl (C=O) groups is 1. The summed E-state index contributed by atoms with van der Waals surface area (Å²) in [6, 6.07) is 8.78. The maximum atomic E-state index is 9.46. The van der Waals surface area contributed by atoms with E-state index in [9.17, 15) is 5.11 Å². The monoisotopic (exact) mass is 283 g/mol. The molecule has 1 rings (SSSR count). The van der Waals surface area contributed by atoms with Gasteiger partial charge in [0.05, 0.1) is 0 Å². The lowest BCUT2D eigenvalue weighted by Crippen LogP contribution is -2.16. The zero-order valence-electron chi connectivity index (χ0n) is 8.36. The Balaban J connectivity index is 0.000000487. The summed E-state index contributed by atoms with van der Waals surface area (Å²) < 4.78 is -1.67. The molecular weight excluding hydrogens is 274 g/mol. The largest absolute Gasteiger partial charge is 0.550 e. The molecule has 0 aromatic heterocycles. The molecule has 3 nitrogen and oxygen atoms in total. The van der Waals surface area contributed by atoms with Gasteiger partial charge in [0.2, 0.25) is 3.79 Å². The summed E-state index contributed by atoms with van der Waals surface area (Å²) in [5.41, 5.74) is 0.595. The molecule has 1 unspecified atom stereocenters. The summed E-state index contributed by atoms with van der Waals surface area (Å²) in [4.78, 5) is 8.89. The molecule has 0 aliphatic rings. The molecule has 0 saturated carbocycles. The van der Waals surface area contributed by atoms with Gasteiger partial charge in [-0.1, -0.05) is 65.1 Å².